The lowest BCUT2D eigenvalue weighted by molar-refractivity contribution is -0.114. The molecule has 0 spiro atoms. The number of ether oxygens (including phenoxy) is 1. The Labute approximate surface area is 140 Å². The highest BCUT2D eigenvalue weighted by molar-refractivity contribution is 7.89. The van der Waals surface area contributed by atoms with E-state index in [1.165, 1.54) is 37.4 Å². The number of nitrogens with one attached hydrogen (secondary N) is 2. The third-order valence-corrected chi connectivity index (χ3v) is 4.23. The number of carbonyl (C=O) groups excluding carboxylic acids is 1. The van der Waals surface area contributed by atoms with Crippen molar-refractivity contribution in [3.05, 3.63) is 54.1 Å². The normalized spacial score (nSPS) is 11.2. The summed E-state index contributed by atoms with van der Waals surface area (Å²) >= 11 is 0. The van der Waals surface area contributed by atoms with Crippen molar-refractivity contribution in [2.24, 2.45) is 5.10 Å². The van der Waals surface area contributed by atoms with Gasteiger partial charge in [0.05, 0.1) is 18.2 Å². The fraction of sp³-hybridized carbons (Fsp3) is 0.125. The maximum absolute atomic E-state index is 12.1. The smallest absolute Gasteiger partial charge is 0.276 e. The van der Waals surface area contributed by atoms with Gasteiger partial charge in [-0.3, -0.25) is 4.79 Å². The molecule has 0 heterocycles. The highest BCUT2D eigenvalue weighted by Crippen LogP contribution is 2.14. The number of hydrazone groups is 1. The summed E-state index contributed by atoms with van der Waals surface area (Å²) in [5, 5.41) is 6.31. The molecule has 8 heteroatoms. The third kappa shape index (κ3) is 4.82. The standard InChI is InChI=1S/C16H17N3O4S/c1-12(20)18-14-5-9-16(10-6-14)24(21,22)19-17-11-13-3-7-15(23-2)8-4-13/h3-11,19H,1-2H3,(H,18,20)/b17-11-. The Morgan fingerprint density at radius 1 is 1.08 bits per heavy atom. The lowest BCUT2D eigenvalue weighted by Crippen LogP contribution is -2.18. The Bertz CT molecular complexity index is 829. The SMILES string of the molecule is COc1ccc(/C=N\NS(=O)(=O)c2ccc(NC(C)=O)cc2)cc1. The molecule has 0 fully saturated rings. The minimum absolute atomic E-state index is 0.0449. The van der Waals surface area contributed by atoms with Crippen LogP contribution < -0.4 is 14.9 Å². The van der Waals surface area contributed by atoms with E-state index in [0.717, 1.165) is 5.56 Å². The van der Waals surface area contributed by atoms with E-state index in [1.807, 2.05) is 0 Å². The van der Waals surface area contributed by atoms with Crippen LogP contribution in [0.5, 0.6) is 5.75 Å². The number of methoxy groups -OCH3 is 1. The average molecular weight is 347 g/mol. The van der Waals surface area contributed by atoms with Crippen LogP contribution in [0.3, 0.4) is 0 Å². The van der Waals surface area contributed by atoms with Crippen LogP contribution in [0, 0.1) is 0 Å². The van der Waals surface area contributed by atoms with E-state index in [4.69, 9.17) is 4.74 Å². The van der Waals surface area contributed by atoms with Gasteiger partial charge >= 0.3 is 0 Å². The van der Waals surface area contributed by atoms with Gasteiger partial charge < -0.3 is 10.1 Å². The molecule has 0 aromatic heterocycles. The van der Waals surface area contributed by atoms with Crippen molar-refractivity contribution in [2.75, 3.05) is 12.4 Å². The van der Waals surface area contributed by atoms with E-state index in [9.17, 15) is 13.2 Å². The third-order valence-electron chi connectivity index (χ3n) is 2.99. The van der Waals surface area contributed by atoms with Crippen LogP contribution in [-0.2, 0) is 14.8 Å². The second-order valence-electron chi connectivity index (χ2n) is 4.83. The molecule has 2 N–H and O–H groups in total. The minimum atomic E-state index is -3.77. The van der Waals surface area contributed by atoms with Gasteiger partial charge in [-0.15, -0.1) is 0 Å². The molecule has 0 aliphatic heterocycles. The van der Waals surface area contributed by atoms with E-state index in [-0.39, 0.29) is 10.8 Å². The predicted octanol–water partition coefficient (Wildman–Crippen LogP) is 1.97. The molecular formula is C16H17N3O4S. The molecule has 2 aromatic rings. The summed E-state index contributed by atoms with van der Waals surface area (Å²) in [5.41, 5.74) is 1.24. The van der Waals surface area contributed by atoms with E-state index in [2.05, 4.69) is 15.2 Å². The van der Waals surface area contributed by atoms with Crippen LogP contribution in [0.1, 0.15) is 12.5 Å². The molecule has 7 nitrogen and oxygen atoms in total. The van der Waals surface area contributed by atoms with Gasteiger partial charge in [-0.1, -0.05) is 0 Å². The molecular weight excluding hydrogens is 330 g/mol. The van der Waals surface area contributed by atoms with Gasteiger partial charge in [-0.2, -0.15) is 13.5 Å². The zero-order chi connectivity index (χ0) is 17.6. The maximum Gasteiger partial charge on any atom is 0.276 e. The number of sulfonamides is 1. The van der Waals surface area contributed by atoms with Gasteiger partial charge in [0, 0.05) is 12.6 Å². The van der Waals surface area contributed by atoms with E-state index in [1.54, 1.807) is 31.4 Å². The van der Waals surface area contributed by atoms with Crippen molar-refractivity contribution in [2.45, 2.75) is 11.8 Å². The number of carbonyl (C=O) groups is 1. The maximum atomic E-state index is 12.1. The van der Waals surface area contributed by atoms with Crippen LogP contribution in [0.25, 0.3) is 0 Å². The number of hydrogen-bond donors (Lipinski definition) is 2. The molecule has 0 bridgehead atoms. The van der Waals surface area contributed by atoms with Gasteiger partial charge in [-0.05, 0) is 54.1 Å². The summed E-state index contributed by atoms with van der Waals surface area (Å²) < 4.78 is 29.3. The Morgan fingerprint density at radius 3 is 2.25 bits per heavy atom. The monoisotopic (exact) mass is 347 g/mol. The zero-order valence-electron chi connectivity index (χ0n) is 13.2. The Hall–Kier alpha value is -2.87. The molecule has 0 saturated heterocycles. The quantitative estimate of drug-likeness (QED) is 0.617. The fourth-order valence-corrected chi connectivity index (χ4v) is 2.62. The number of hydrogen-bond acceptors (Lipinski definition) is 5. The molecule has 1 amide bonds. The lowest BCUT2D eigenvalue weighted by Gasteiger charge is -2.05. The summed E-state index contributed by atoms with van der Waals surface area (Å²) in [6.07, 6.45) is 1.39. The minimum Gasteiger partial charge on any atom is -0.497 e. The molecule has 0 aliphatic rings. The summed E-state index contributed by atoms with van der Waals surface area (Å²) in [6.45, 7) is 1.38. The molecule has 2 aromatic carbocycles. The van der Waals surface area contributed by atoms with Gasteiger partial charge in [0.25, 0.3) is 10.0 Å². The average Bonchev–Trinajstić information content (AvgIpc) is 2.55. The highest BCUT2D eigenvalue weighted by Gasteiger charge is 2.12. The van der Waals surface area contributed by atoms with Gasteiger partial charge in [0.2, 0.25) is 5.91 Å². The van der Waals surface area contributed by atoms with Crippen molar-refractivity contribution in [3.8, 4) is 5.75 Å². The highest BCUT2D eigenvalue weighted by atomic mass is 32.2. The molecule has 24 heavy (non-hydrogen) atoms. The van der Waals surface area contributed by atoms with E-state index in [0.29, 0.717) is 11.4 Å². The first kappa shape index (κ1) is 17.5. The van der Waals surface area contributed by atoms with Gasteiger partial charge in [0.15, 0.2) is 0 Å². The van der Waals surface area contributed by atoms with Crippen LogP contribution in [0.2, 0.25) is 0 Å². The molecule has 0 unspecified atom stereocenters. The van der Waals surface area contributed by atoms with Gasteiger partial charge in [-0.25, -0.2) is 4.83 Å². The first-order valence-electron chi connectivity index (χ1n) is 6.97. The number of amides is 1. The van der Waals surface area contributed by atoms with Crippen LogP contribution in [0.15, 0.2) is 58.5 Å². The van der Waals surface area contributed by atoms with Crippen molar-refractivity contribution < 1.29 is 17.9 Å². The van der Waals surface area contributed by atoms with E-state index >= 15 is 0 Å². The number of nitrogens with zero attached hydrogens (tertiary/aromatic N) is 1. The summed E-state index contributed by atoms with van der Waals surface area (Å²) in [5.74, 6) is 0.472. The number of rotatable bonds is 6. The largest absolute Gasteiger partial charge is 0.497 e. The second-order valence-corrected chi connectivity index (χ2v) is 6.49. The van der Waals surface area contributed by atoms with Crippen molar-refractivity contribution in [1.29, 1.82) is 0 Å². The first-order valence-corrected chi connectivity index (χ1v) is 8.45. The molecule has 2 rings (SSSR count). The van der Waals surface area contributed by atoms with E-state index < -0.39 is 10.0 Å². The topological polar surface area (TPSA) is 96.9 Å². The number of anilines is 1. The van der Waals surface area contributed by atoms with Crippen LogP contribution in [-0.4, -0.2) is 27.6 Å². The van der Waals surface area contributed by atoms with Crippen molar-refractivity contribution >= 4 is 27.8 Å². The van der Waals surface area contributed by atoms with Gasteiger partial charge in [0.1, 0.15) is 5.75 Å². The predicted molar refractivity (Wildman–Crippen MR) is 91.7 cm³/mol. The lowest BCUT2D eigenvalue weighted by atomic mass is 10.2. The zero-order valence-corrected chi connectivity index (χ0v) is 14.0. The Kier molecular flexibility index (Phi) is 5.54. The Balaban J connectivity index is 2.04. The number of benzene rings is 2. The first-order chi connectivity index (χ1) is 11.4. The summed E-state index contributed by atoms with van der Waals surface area (Å²) in [6, 6.07) is 12.8. The molecule has 0 aliphatic carbocycles. The van der Waals surface area contributed by atoms with Crippen LogP contribution >= 0.6 is 0 Å². The van der Waals surface area contributed by atoms with Crippen LogP contribution in [0.4, 0.5) is 5.69 Å². The molecule has 0 radical (unpaired) electrons. The second kappa shape index (κ2) is 7.60. The summed E-state index contributed by atoms with van der Waals surface area (Å²) in [4.78, 5) is 13.1. The molecule has 0 saturated carbocycles. The Morgan fingerprint density at radius 2 is 1.71 bits per heavy atom. The molecule has 126 valence electrons. The fourth-order valence-electron chi connectivity index (χ4n) is 1.83. The van der Waals surface area contributed by atoms with Crippen molar-refractivity contribution in [3.63, 3.8) is 0 Å². The molecule has 0 atom stereocenters. The van der Waals surface area contributed by atoms with Crippen molar-refractivity contribution in [1.82, 2.24) is 4.83 Å². The summed E-state index contributed by atoms with van der Waals surface area (Å²) in [7, 11) is -2.21.